The predicted molar refractivity (Wildman–Crippen MR) is 90.7 cm³/mol. The molecule has 0 aliphatic carbocycles. The molecule has 5 atom stereocenters. The first-order chi connectivity index (χ1) is 11.9. The topological polar surface area (TPSA) is 138 Å². The molecule has 11 heteroatoms. The number of ether oxygens (including phenoxy) is 1. The van der Waals surface area contributed by atoms with Crippen LogP contribution >= 0.6 is 8.38 Å². The Morgan fingerprint density at radius 3 is 2.80 bits per heavy atom. The van der Waals surface area contributed by atoms with E-state index in [0.717, 1.165) is 0 Å². The molecule has 1 fully saturated rings. The highest BCUT2D eigenvalue weighted by atomic mass is 31.2. The third-order valence-corrected chi connectivity index (χ3v) is 5.01. The average Bonchev–Trinajstić information content (AvgIpc) is 3.09. The van der Waals surface area contributed by atoms with Gasteiger partial charge in [0.2, 0.25) is 0 Å². The number of aliphatic hydroxyl groups is 2. The summed E-state index contributed by atoms with van der Waals surface area (Å²) in [6, 6.07) is 0. The maximum atomic E-state index is 10.4. The number of hydrogen-bond acceptors (Lipinski definition) is 9. The van der Waals surface area contributed by atoms with Gasteiger partial charge in [-0.25, -0.2) is 15.0 Å². The molecule has 0 saturated carbocycles. The highest BCUT2D eigenvalue weighted by Gasteiger charge is 2.44. The molecule has 2 aromatic heterocycles. The maximum Gasteiger partial charge on any atom is 0.167 e. The second-order valence-electron chi connectivity index (χ2n) is 6.02. The molecule has 1 aliphatic heterocycles. The van der Waals surface area contributed by atoms with E-state index in [1.54, 1.807) is 0 Å². The van der Waals surface area contributed by atoms with Crippen LogP contribution in [0.15, 0.2) is 12.7 Å². The van der Waals surface area contributed by atoms with Crippen LogP contribution in [0.3, 0.4) is 0 Å². The summed E-state index contributed by atoms with van der Waals surface area (Å²) in [6.07, 6.45) is -1.00. The molecule has 10 nitrogen and oxygen atoms in total. The standard InChI is InChI=1S/C14H22N5O5P/c1-7(2)24-25(3)22-4-8-10(20)11(21)14(23-8)19-6-18-9-12(15)16-5-17-13(9)19/h5-8,10-11,14,20-21H,4H2,1-3H3,(H2,15,16,17)/t8-,10?,11?,14-,25?/m1/s1. The smallest absolute Gasteiger partial charge is 0.167 e. The van der Waals surface area contributed by atoms with Gasteiger partial charge in [0.15, 0.2) is 26.1 Å². The summed E-state index contributed by atoms with van der Waals surface area (Å²) in [7, 11) is -1.09. The van der Waals surface area contributed by atoms with Crippen molar-refractivity contribution in [2.75, 3.05) is 19.0 Å². The van der Waals surface area contributed by atoms with Crippen LogP contribution in [0.1, 0.15) is 20.1 Å². The quantitative estimate of drug-likeness (QED) is 0.616. The van der Waals surface area contributed by atoms with Crippen LogP contribution in [0.5, 0.6) is 0 Å². The van der Waals surface area contributed by atoms with Gasteiger partial charge in [0.05, 0.1) is 19.0 Å². The van der Waals surface area contributed by atoms with Crippen molar-refractivity contribution in [2.45, 2.75) is 44.5 Å². The number of imidazole rings is 1. The van der Waals surface area contributed by atoms with Crippen LogP contribution in [0.25, 0.3) is 11.2 Å². The van der Waals surface area contributed by atoms with E-state index < -0.39 is 32.9 Å². The monoisotopic (exact) mass is 371 g/mol. The van der Waals surface area contributed by atoms with Crippen LogP contribution < -0.4 is 5.73 Å². The van der Waals surface area contributed by atoms with Crippen molar-refractivity contribution in [2.24, 2.45) is 0 Å². The van der Waals surface area contributed by atoms with Crippen LogP contribution in [-0.2, 0) is 13.8 Å². The molecular formula is C14H22N5O5P. The van der Waals surface area contributed by atoms with E-state index in [4.69, 9.17) is 19.5 Å². The fourth-order valence-electron chi connectivity index (χ4n) is 2.66. The largest absolute Gasteiger partial charge is 0.387 e. The third-order valence-electron chi connectivity index (χ3n) is 3.78. The zero-order chi connectivity index (χ0) is 18.1. The first-order valence-corrected chi connectivity index (χ1v) is 9.49. The van der Waals surface area contributed by atoms with E-state index in [1.807, 2.05) is 20.5 Å². The van der Waals surface area contributed by atoms with Gasteiger partial charge < -0.3 is 29.7 Å². The first kappa shape index (κ1) is 18.4. The van der Waals surface area contributed by atoms with Crippen LogP contribution in [-0.4, -0.2) is 67.4 Å². The van der Waals surface area contributed by atoms with Gasteiger partial charge in [-0.1, -0.05) is 0 Å². The van der Waals surface area contributed by atoms with Gasteiger partial charge in [-0.05, 0) is 13.8 Å². The minimum absolute atomic E-state index is 0.0475. The summed E-state index contributed by atoms with van der Waals surface area (Å²) in [4.78, 5) is 12.1. The van der Waals surface area contributed by atoms with Crippen molar-refractivity contribution in [3.8, 4) is 0 Å². The molecule has 4 N–H and O–H groups in total. The molecule has 138 valence electrons. The Kier molecular flexibility index (Phi) is 5.47. The van der Waals surface area contributed by atoms with Crippen molar-refractivity contribution < 1.29 is 24.0 Å². The Morgan fingerprint density at radius 1 is 1.32 bits per heavy atom. The Balaban J connectivity index is 1.72. The highest BCUT2D eigenvalue weighted by molar-refractivity contribution is 7.46. The van der Waals surface area contributed by atoms with Crippen molar-refractivity contribution in [1.82, 2.24) is 19.5 Å². The number of nitrogen functional groups attached to an aromatic ring is 1. The first-order valence-electron chi connectivity index (χ1n) is 7.86. The number of aromatic nitrogens is 4. The van der Waals surface area contributed by atoms with E-state index >= 15 is 0 Å². The lowest BCUT2D eigenvalue weighted by Crippen LogP contribution is -2.33. The van der Waals surface area contributed by atoms with E-state index in [0.29, 0.717) is 11.2 Å². The molecule has 25 heavy (non-hydrogen) atoms. The SMILES string of the molecule is CC(C)OP(C)OC[C@H]1O[C@@H](n2cnc3c(N)ncnc32)C(O)C1O. The molecule has 3 rings (SSSR count). The number of nitrogens with zero attached hydrogens (tertiary/aromatic N) is 4. The van der Waals surface area contributed by atoms with Gasteiger partial charge >= 0.3 is 0 Å². The molecule has 0 aromatic carbocycles. The lowest BCUT2D eigenvalue weighted by atomic mass is 10.1. The zero-order valence-corrected chi connectivity index (χ0v) is 15.1. The number of rotatable bonds is 6. The van der Waals surface area contributed by atoms with Crippen molar-refractivity contribution >= 4 is 25.4 Å². The second-order valence-corrected chi connectivity index (χ2v) is 7.37. The molecule has 0 amide bonds. The zero-order valence-electron chi connectivity index (χ0n) is 14.2. The normalized spacial score (nSPS) is 28.1. The molecule has 1 saturated heterocycles. The van der Waals surface area contributed by atoms with Gasteiger partial charge in [-0.2, -0.15) is 0 Å². The Morgan fingerprint density at radius 2 is 2.08 bits per heavy atom. The van der Waals surface area contributed by atoms with Gasteiger partial charge in [0.25, 0.3) is 0 Å². The van der Waals surface area contributed by atoms with Crippen LogP contribution in [0.4, 0.5) is 5.82 Å². The second kappa shape index (κ2) is 7.45. The van der Waals surface area contributed by atoms with Crippen molar-refractivity contribution in [3.05, 3.63) is 12.7 Å². The molecule has 3 unspecified atom stereocenters. The molecule has 0 radical (unpaired) electrons. The fraction of sp³-hybridized carbons (Fsp3) is 0.643. The lowest BCUT2D eigenvalue weighted by molar-refractivity contribution is -0.0478. The summed E-state index contributed by atoms with van der Waals surface area (Å²) in [5.41, 5.74) is 6.60. The van der Waals surface area contributed by atoms with E-state index in [9.17, 15) is 10.2 Å². The molecule has 1 aliphatic rings. The Bertz CT molecular complexity index is 729. The summed E-state index contributed by atoms with van der Waals surface area (Å²) in [5.74, 6) is 0.235. The Labute approximate surface area is 145 Å². The molecular weight excluding hydrogens is 349 g/mol. The van der Waals surface area contributed by atoms with Gasteiger partial charge in [-0.15, -0.1) is 0 Å². The van der Waals surface area contributed by atoms with Crippen LogP contribution in [0.2, 0.25) is 0 Å². The summed E-state index contributed by atoms with van der Waals surface area (Å²) in [5, 5.41) is 20.6. The number of anilines is 1. The minimum atomic E-state index is -1.16. The van der Waals surface area contributed by atoms with E-state index in [1.165, 1.54) is 17.2 Å². The molecule has 0 spiro atoms. The van der Waals surface area contributed by atoms with Crippen molar-refractivity contribution in [1.29, 1.82) is 0 Å². The number of fused-ring (bicyclic) bond motifs is 1. The summed E-state index contributed by atoms with van der Waals surface area (Å²) in [6.45, 7) is 5.77. The van der Waals surface area contributed by atoms with Crippen molar-refractivity contribution in [3.63, 3.8) is 0 Å². The number of hydrogen-bond donors (Lipinski definition) is 3. The van der Waals surface area contributed by atoms with Gasteiger partial charge in [-0.3, -0.25) is 4.57 Å². The fourth-order valence-corrected chi connectivity index (χ4v) is 3.67. The molecule has 2 aromatic rings. The molecule has 0 bridgehead atoms. The number of nitrogens with two attached hydrogens (primary N) is 1. The molecule has 3 heterocycles. The predicted octanol–water partition coefficient (Wildman–Crippen LogP) is 0.411. The highest BCUT2D eigenvalue weighted by Crippen LogP contribution is 2.38. The maximum absolute atomic E-state index is 10.4. The van der Waals surface area contributed by atoms with E-state index in [-0.39, 0.29) is 18.5 Å². The van der Waals surface area contributed by atoms with Gasteiger partial charge in [0.1, 0.15) is 30.2 Å². The van der Waals surface area contributed by atoms with E-state index in [2.05, 4.69) is 15.0 Å². The van der Waals surface area contributed by atoms with Crippen LogP contribution in [0, 0.1) is 0 Å². The average molecular weight is 371 g/mol. The lowest BCUT2D eigenvalue weighted by Gasteiger charge is -2.19. The third kappa shape index (κ3) is 3.74. The summed E-state index contributed by atoms with van der Waals surface area (Å²) >= 11 is 0. The number of aliphatic hydroxyl groups excluding tert-OH is 2. The minimum Gasteiger partial charge on any atom is -0.387 e. The summed E-state index contributed by atoms with van der Waals surface area (Å²) < 4.78 is 18.5. The van der Waals surface area contributed by atoms with Gasteiger partial charge in [0, 0.05) is 6.66 Å². The Hall–Kier alpha value is -1.42.